The van der Waals surface area contributed by atoms with Crippen LogP contribution in [0.3, 0.4) is 0 Å². The van der Waals surface area contributed by atoms with Crippen LogP contribution in [-0.2, 0) is 12.8 Å². The average molecular weight is 266 g/mol. The standard InChI is InChI=1S/C14H20ClN3/c15-7-5-11-6-8-18(9-11)14-12-3-1-2-4-13(12)16-10-17-14/h10-11H,1-9H2. The fourth-order valence-corrected chi connectivity index (χ4v) is 3.50. The Morgan fingerprint density at radius 1 is 1.28 bits per heavy atom. The second kappa shape index (κ2) is 5.43. The molecule has 0 saturated carbocycles. The Kier molecular flexibility index (Phi) is 3.69. The van der Waals surface area contributed by atoms with Crippen LogP contribution in [0.1, 0.15) is 36.9 Å². The number of hydrogen-bond acceptors (Lipinski definition) is 3. The molecular weight excluding hydrogens is 246 g/mol. The molecule has 0 aromatic carbocycles. The molecule has 1 aromatic rings. The van der Waals surface area contributed by atoms with Gasteiger partial charge in [0.25, 0.3) is 0 Å². The van der Waals surface area contributed by atoms with Crippen molar-refractivity contribution in [1.29, 1.82) is 0 Å². The van der Waals surface area contributed by atoms with Gasteiger partial charge in [0.05, 0.1) is 0 Å². The monoisotopic (exact) mass is 265 g/mol. The lowest BCUT2D eigenvalue weighted by molar-refractivity contribution is 0.571. The van der Waals surface area contributed by atoms with E-state index in [2.05, 4.69) is 14.9 Å². The summed E-state index contributed by atoms with van der Waals surface area (Å²) >= 11 is 5.85. The molecule has 0 N–H and O–H groups in total. The minimum Gasteiger partial charge on any atom is -0.356 e. The van der Waals surface area contributed by atoms with Crippen molar-refractivity contribution in [1.82, 2.24) is 9.97 Å². The van der Waals surface area contributed by atoms with Gasteiger partial charge >= 0.3 is 0 Å². The molecule has 18 heavy (non-hydrogen) atoms. The van der Waals surface area contributed by atoms with E-state index in [9.17, 15) is 0 Å². The first-order valence-corrected chi connectivity index (χ1v) is 7.55. The highest BCUT2D eigenvalue weighted by molar-refractivity contribution is 6.17. The van der Waals surface area contributed by atoms with Gasteiger partial charge < -0.3 is 4.90 Å². The molecule has 4 heteroatoms. The van der Waals surface area contributed by atoms with Gasteiger partial charge in [0.1, 0.15) is 12.1 Å². The van der Waals surface area contributed by atoms with Crippen LogP contribution in [0.5, 0.6) is 0 Å². The third-order valence-corrected chi connectivity index (χ3v) is 4.42. The topological polar surface area (TPSA) is 29.0 Å². The van der Waals surface area contributed by atoms with Gasteiger partial charge in [0.2, 0.25) is 0 Å². The minimum absolute atomic E-state index is 0.747. The fourth-order valence-electron chi connectivity index (χ4n) is 3.19. The van der Waals surface area contributed by atoms with Gasteiger partial charge in [-0.05, 0) is 44.4 Å². The zero-order valence-electron chi connectivity index (χ0n) is 10.7. The molecule has 0 amide bonds. The van der Waals surface area contributed by atoms with Crippen molar-refractivity contribution in [2.24, 2.45) is 5.92 Å². The SMILES string of the molecule is ClCCC1CCN(c2ncnc3c2CCCC3)C1. The van der Waals surface area contributed by atoms with Crippen molar-refractivity contribution in [3.05, 3.63) is 17.6 Å². The van der Waals surface area contributed by atoms with Crippen LogP contribution in [-0.4, -0.2) is 28.9 Å². The zero-order valence-corrected chi connectivity index (χ0v) is 11.5. The lowest BCUT2D eigenvalue weighted by Crippen LogP contribution is -2.24. The number of hydrogen-bond donors (Lipinski definition) is 0. The summed E-state index contributed by atoms with van der Waals surface area (Å²) in [6.45, 7) is 2.25. The number of aryl methyl sites for hydroxylation is 1. The van der Waals surface area contributed by atoms with Crippen molar-refractivity contribution >= 4 is 17.4 Å². The minimum atomic E-state index is 0.747. The molecule has 1 aliphatic carbocycles. The molecule has 1 unspecified atom stereocenters. The Morgan fingerprint density at radius 2 is 2.17 bits per heavy atom. The first-order chi connectivity index (χ1) is 8.88. The maximum Gasteiger partial charge on any atom is 0.135 e. The van der Waals surface area contributed by atoms with E-state index >= 15 is 0 Å². The molecule has 0 radical (unpaired) electrons. The fraction of sp³-hybridized carbons (Fsp3) is 0.714. The van der Waals surface area contributed by atoms with E-state index in [1.807, 2.05) is 0 Å². The van der Waals surface area contributed by atoms with Crippen LogP contribution >= 0.6 is 11.6 Å². The Bertz CT molecular complexity index is 422. The van der Waals surface area contributed by atoms with Gasteiger partial charge in [-0.25, -0.2) is 9.97 Å². The maximum absolute atomic E-state index is 5.85. The van der Waals surface area contributed by atoms with Crippen molar-refractivity contribution in [2.45, 2.75) is 38.5 Å². The molecule has 1 aromatic heterocycles. The van der Waals surface area contributed by atoms with E-state index in [0.717, 1.165) is 44.1 Å². The number of rotatable bonds is 3. The maximum atomic E-state index is 5.85. The molecule has 3 rings (SSSR count). The number of halogens is 1. The van der Waals surface area contributed by atoms with E-state index in [4.69, 9.17) is 11.6 Å². The highest BCUT2D eigenvalue weighted by atomic mass is 35.5. The Morgan fingerprint density at radius 3 is 3.06 bits per heavy atom. The third-order valence-electron chi connectivity index (χ3n) is 4.20. The molecule has 0 bridgehead atoms. The lowest BCUT2D eigenvalue weighted by Gasteiger charge is -2.24. The lowest BCUT2D eigenvalue weighted by atomic mass is 9.96. The predicted molar refractivity (Wildman–Crippen MR) is 74.3 cm³/mol. The van der Waals surface area contributed by atoms with Crippen LogP contribution in [0.25, 0.3) is 0 Å². The zero-order chi connectivity index (χ0) is 12.4. The first-order valence-electron chi connectivity index (χ1n) is 7.02. The summed E-state index contributed by atoms with van der Waals surface area (Å²) in [5, 5.41) is 0. The van der Waals surface area contributed by atoms with Gasteiger partial charge in [-0.1, -0.05) is 0 Å². The van der Waals surface area contributed by atoms with Gasteiger partial charge in [0, 0.05) is 30.2 Å². The number of aromatic nitrogens is 2. The second-order valence-electron chi connectivity index (χ2n) is 5.41. The Labute approximate surface area is 114 Å². The van der Waals surface area contributed by atoms with E-state index in [0.29, 0.717) is 0 Å². The molecule has 1 fully saturated rings. The van der Waals surface area contributed by atoms with E-state index < -0.39 is 0 Å². The van der Waals surface area contributed by atoms with Crippen molar-refractivity contribution in [2.75, 3.05) is 23.9 Å². The van der Waals surface area contributed by atoms with Crippen LogP contribution in [0.2, 0.25) is 0 Å². The first kappa shape index (κ1) is 12.2. The molecule has 1 saturated heterocycles. The van der Waals surface area contributed by atoms with Gasteiger partial charge in [0.15, 0.2) is 0 Å². The van der Waals surface area contributed by atoms with E-state index in [1.54, 1.807) is 6.33 Å². The Balaban J connectivity index is 1.80. The molecule has 98 valence electrons. The van der Waals surface area contributed by atoms with Crippen LogP contribution in [0, 0.1) is 5.92 Å². The molecular formula is C14H20ClN3. The number of anilines is 1. The van der Waals surface area contributed by atoms with Crippen molar-refractivity contribution in [3.63, 3.8) is 0 Å². The number of nitrogens with zero attached hydrogens (tertiary/aromatic N) is 3. The molecule has 3 nitrogen and oxygen atoms in total. The second-order valence-corrected chi connectivity index (χ2v) is 5.79. The quantitative estimate of drug-likeness (QED) is 0.787. The molecule has 1 atom stereocenters. The molecule has 2 heterocycles. The average Bonchev–Trinajstić information content (AvgIpc) is 2.87. The molecule has 0 spiro atoms. The summed E-state index contributed by atoms with van der Waals surface area (Å²) in [5.74, 6) is 2.73. The molecule has 1 aliphatic heterocycles. The van der Waals surface area contributed by atoms with Gasteiger partial charge in [-0.2, -0.15) is 0 Å². The van der Waals surface area contributed by atoms with Crippen LogP contribution < -0.4 is 4.90 Å². The van der Waals surface area contributed by atoms with Crippen LogP contribution in [0.4, 0.5) is 5.82 Å². The predicted octanol–water partition coefficient (Wildman–Crippen LogP) is 2.81. The molecule has 2 aliphatic rings. The smallest absolute Gasteiger partial charge is 0.135 e. The normalized spacial score (nSPS) is 23.2. The number of fused-ring (bicyclic) bond motifs is 1. The number of alkyl halides is 1. The highest BCUT2D eigenvalue weighted by Crippen LogP contribution is 2.31. The summed E-state index contributed by atoms with van der Waals surface area (Å²) in [6, 6.07) is 0. The van der Waals surface area contributed by atoms with Gasteiger partial charge in [-0.15, -0.1) is 11.6 Å². The van der Waals surface area contributed by atoms with E-state index in [-0.39, 0.29) is 0 Å². The summed E-state index contributed by atoms with van der Waals surface area (Å²) in [4.78, 5) is 11.4. The largest absolute Gasteiger partial charge is 0.356 e. The summed E-state index contributed by atoms with van der Waals surface area (Å²) in [5.41, 5.74) is 2.70. The van der Waals surface area contributed by atoms with E-state index in [1.165, 1.54) is 36.3 Å². The van der Waals surface area contributed by atoms with Crippen LogP contribution in [0.15, 0.2) is 6.33 Å². The highest BCUT2D eigenvalue weighted by Gasteiger charge is 2.26. The van der Waals surface area contributed by atoms with Crippen molar-refractivity contribution in [3.8, 4) is 0 Å². The van der Waals surface area contributed by atoms with Gasteiger partial charge in [-0.3, -0.25) is 0 Å². The third kappa shape index (κ3) is 2.33. The summed E-state index contributed by atoms with van der Waals surface area (Å²) < 4.78 is 0. The summed E-state index contributed by atoms with van der Waals surface area (Å²) in [6.07, 6.45) is 8.97. The summed E-state index contributed by atoms with van der Waals surface area (Å²) in [7, 11) is 0. The Hall–Kier alpha value is -0.830. The van der Waals surface area contributed by atoms with Crippen molar-refractivity contribution < 1.29 is 0 Å².